The summed E-state index contributed by atoms with van der Waals surface area (Å²) in [7, 11) is 0. The Hall–Kier alpha value is -2.09. The van der Waals surface area contributed by atoms with Crippen molar-refractivity contribution in [2.75, 3.05) is 23.0 Å². The van der Waals surface area contributed by atoms with Gasteiger partial charge in [0.25, 0.3) is 0 Å². The van der Waals surface area contributed by atoms with Crippen LogP contribution in [0.5, 0.6) is 0 Å². The summed E-state index contributed by atoms with van der Waals surface area (Å²) in [6, 6.07) is 0. The Bertz CT molecular complexity index is 656. The molecule has 26 heavy (non-hydrogen) atoms. The minimum atomic E-state index is -2.29. The Morgan fingerprint density at radius 2 is 2.23 bits per heavy atom. The maximum absolute atomic E-state index is 12.5. The number of hydrogen-bond acceptors (Lipinski definition) is 4. The number of carbonyl (C=O) groups excluding carboxylic acids is 1. The van der Waals surface area contributed by atoms with E-state index < -0.39 is 6.43 Å². The Morgan fingerprint density at radius 1 is 1.50 bits per heavy atom. The van der Waals surface area contributed by atoms with Crippen molar-refractivity contribution in [1.82, 2.24) is 9.78 Å². The Balaban J connectivity index is 2.80. The third kappa shape index (κ3) is 6.67. The zero-order chi connectivity index (χ0) is 19.5. The SMILES string of the molecule is C=C/C(=C\C=C/N)n1cc(N(CC)C(=O)CCSCCC(F)F)c(C)n1. The first-order valence-corrected chi connectivity index (χ1v) is 9.53. The van der Waals surface area contributed by atoms with Gasteiger partial charge in [0.05, 0.1) is 23.3 Å². The average Bonchev–Trinajstić information content (AvgIpc) is 2.97. The number of aromatic nitrogens is 2. The van der Waals surface area contributed by atoms with Crippen LogP contribution < -0.4 is 10.6 Å². The summed E-state index contributed by atoms with van der Waals surface area (Å²) in [5.74, 6) is 0.829. The van der Waals surface area contributed by atoms with Crippen molar-refractivity contribution < 1.29 is 13.6 Å². The molecule has 0 radical (unpaired) electrons. The van der Waals surface area contributed by atoms with E-state index in [2.05, 4.69) is 11.7 Å². The van der Waals surface area contributed by atoms with E-state index in [0.717, 1.165) is 17.1 Å². The lowest BCUT2D eigenvalue weighted by atomic mass is 10.3. The number of nitrogens with two attached hydrogens (primary N) is 1. The van der Waals surface area contributed by atoms with Gasteiger partial charge in [-0.1, -0.05) is 6.58 Å². The van der Waals surface area contributed by atoms with E-state index in [4.69, 9.17) is 5.73 Å². The normalized spacial score (nSPS) is 12.1. The largest absolute Gasteiger partial charge is 0.405 e. The highest BCUT2D eigenvalue weighted by Crippen LogP contribution is 2.22. The van der Waals surface area contributed by atoms with Crippen LogP contribution in [0.2, 0.25) is 0 Å². The van der Waals surface area contributed by atoms with E-state index in [-0.39, 0.29) is 12.3 Å². The van der Waals surface area contributed by atoms with Crippen molar-refractivity contribution in [3.05, 3.63) is 42.9 Å². The number of halogens is 2. The molecule has 0 aliphatic heterocycles. The zero-order valence-electron chi connectivity index (χ0n) is 15.2. The highest BCUT2D eigenvalue weighted by molar-refractivity contribution is 7.99. The van der Waals surface area contributed by atoms with Gasteiger partial charge in [-0.3, -0.25) is 4.79 Å². The molecule has 0 atom stereocenters. The fourth-order valence-corrected chi connectivity index (χ4v) is 3.16. The number of amides is 1. The number of carbonyl (C=O) groups is 1. The molecule has 2 N–H and O–H groups in total. The fourth-order valence-electron chi connectivity index (χ4n) is 2.29. The number of nitrogens with zero attached hydrogens (tertiary/aromatic N) is 3. The van der Waals surface area contributed by atoms with Gasteiger partial charge >= 0.3 is 0 Å². The van der Waals surface area contributed by atoms with E-state index >= 15 is 0 Å². The summed E-state index contributed by atoms with van der Waals surface area (Å²) >= 11 is 1.37. The smallest absolute Gasteiger partial charge is 0.239 e. The number of rotatable bonds is 11. The summed E-state index contributed by atoms with van der Waals surface area (Å²) < 4.78 is 25.9. The van der Waals surface area contributed by atoms with Gasteiger partial charge in [-0.25, -0.2) is 13.5 Å². The van der Waals surface area contributed by atoms with Crippen LogP contribution in [0.4, 0.5) is 14.5 Å². The average molecular weight is 384 g/mol. The zero-order valence-corrected chi connectivity index (χ0v) is 16.0. The van der Waals surface area contributed by atoms with Gasteiger partial charge in [-0.15, -0.1) is 0 Å². The molecule has 0 aliphatic rings. The maximum Gasteiger partial charge on any atom is 0.239 e. The molecule has 0 aliphatic carbocycles. The standard InChI is InChI=1S/C18H26F2N4OS/c1-4-15(7-6-10-21)24-13-16(14(3)22-24)23(5-2)18(25)9-12-26-11-8-17(19)20/h4,6-7,10,13,17H,1,5,8-9,11-12,21H2,2-3H3/b10-6-,15-7+. The van der Waals surface area contributed by atoms with Crippen LogP contribution in [-0.4, -0.2) is 40.2 Å². The molecular formula is C18H26F2N4OS. The molecule has 0 bridgehead atoms. The summed E-state index contributed by atoms with van der Waals surface area (Å²) in [4.78, 5) is 14.2. The molecule has 0 saturated carbocycles. The Kier molecular flexibility index (Phi) is 9.72. The molecule has 144 valence electrons. The number of allylic oxidation sites excluding steroid dienone is 4. The van der Waals surface area contributed by atoms with Crippen LogP contribution in [0.25, 0.3) is 5.70 Å². The van der Waals surface area contributed by atoms with Gasteiger partial charge in [-0.2, -0.15) is 16.9 Å². The molecule has 0 spiro atoms. The third-order valence-electron chi connectivity index (χ3n) is 3.57. The molecular weight excluding hydrogens is 358 g/mol. The van der Waals surface area contributed by atoms with Crippen molar-refractivity contribution in [2.24, 2.45) is 5.73 Å². The predicted molar refractivity (Wildman–Crippen MR) is 105 cm³/mol. The third-order valence-corrected chi connectivity index (χ3v) is 4.59. The molecule has 0 aromatic carbocycles. The highest BCUT2D eigenvalue weighted by Gasteiger charge is 2.19. The molecule has 8 heteroatoms. The summed E-state index contributed by atoms with van der Waals surface area (Å²) in [5.41, 5.74) is 7.52. The molecule has 1 heterocycles. The molecule has 1 amide bonds. The molecule has 1 rings (SSSR count). The second-order valence-electron chi connectivity index (χ2n) is 5.41. The number of aryl methyl sites for hydroxylation is 1. The molecule has 1 aromatic heterocycles. The first-order chi connectivity index (χ1) is 12.4. The maximum atomic E-state index is 12.5. The van der Waals surface area contributed by atoms with Gasteiger partial charge in [-0.05, 0) is 44.0 Å². The molecule has 0 unspecified atom stereocenters. The van der Waals surface area contributed by atoms with Crippen LogP contribution in [0.3, 0.4) is 0 Å². The summed E-state index contributed by atoms with van der Waals surface area (Å²) in [5, 5.41) is 4.44. The Labute approximate surface area is 157 Å². The van der Waals surface area contributed by atoms with Gasteiger partial charge in [0, 0.05) is 25.1 Å². The second-order valence-corrected chi connectivity index (χ2v) is 6.63. The van der Waals surface area contributed by atoms with Crippen LogP contribution in [0.1, 0.15) is 25.5 Å². The second kappa shape index (κ2) is 11.5. The van der Waals surface area contributed by atoms with Crippen LogP contribution >= 0.6 is 11.8 Å². The van der Waals surface area contributed by atoms with E-state index in [1.807, 2.05) is 13.8 Å². The molecule has 5 nitrogen and oxygen atoms in total. The van der Waals surface area contributed by atoms with E-state index in [1.165, 1.54) is 18.0 Å². The monoisotopic (exact) mass is 384 g/mol. The highest BCUT2D eigenvalue weighted by atomic mass is 32.2. The lowest BCUT2D eigenvalue weighted by Gasteiger charge is -2.20. The lowest BCUT2D eigenvalue weighted by molar-refractivity contribution is -0.118. The van der Waals surface area contributed by atoms with Crippen molar-refractivity contribution in [3.8, 4) is 0 Å². The van der Waals surface area contributed by atoms with E-state index in [0.29, 0.717) is 24.5 Å². The minimum Gasteiger partial charge on any atom is -0.405 e. The number of alkyl halides is 2. The van der Waals surface area contributed by atoms with Crippen molar-refractivity contribution in [2.45, 2.75) is 33.1 Å². The van der Waals surface area contributed by atoms with Gasteiger partial charge in [0.2, 0.25) is 12.3 Å². The van der Waals surface area contributed by atoms with Crippen LogP contribution in [-0.2, 0) is 4.79 Å². The number of thioether (sulfide) groups is 1. The van der Waals surface area contributed by atoms with Gasteiger partial charge in [0.15, 0.2) is 0 Å². The first kappa shape index (κ1) is 22.0. The first-order valence-electron chi connectivity index (χ1n) is 8.38. The van der Waals surface area contributed by atoms with Crippen molar-refractivity contribution >= 4 is 29.1 Å². The van der Waals surface area contributed by atoms with Crippen LogP contribution in [0, 0.1) is 6.92 Å². The van der Waals surface area contributed by atoms with E-state index in [9.17, 15) is 13.6 Å². The predicted octanol–water partition coefficient (Wildman–Crippen LogP) is 3.82. The molecule has 0 fully saturated rings. The molecule has 0 saturated heterocycles. The van der Waals surface area contributed by atoms with Crippen molar-refractivity contribution in [1.29, 1.82) is 0 Å². The summed E-state index contributed by atoms with van der Waals surface area (Å²) in [6.07, 6.45) is 6.14. The lowest BCUT2D eigenvalue weighted by Crippen LogP contribution is -2.31. The number of anilines is 1. The fraction of sp³-hybridized carbons (Fsp3) is 0.444. The Morgan fingerprint density at radius 3 is 2.81 bits per heavy atom. The topological polar surface area (TPSA) is 64.2 Å². The van der Waals surface area contributed by atoms with Gasteiger partial charge in [0.1, 0.15) is 0 Å². The summed E-state index contributed by atoms with van der Waals surface area (Å²) in [6.45, 7) is 7.98. The van der Waals surface area contributed by atoms with Crippen LogP contribution in [0.15, 0.2) is 37.2 Å². The van der Waals surface area contributed by atoms with E-state index in [1.54, 1.807) is 34.0 Å². The minimum absolute atomic E-state index is 0.0503. The number of hydrogen-bond donors (Lipinski definition) is 1. The molecule has 1 aromatic rings. The van der Waals surface area contributed by atoms with Gasteiger partial charge < -0.3 is 10.6 Å². The quantitative estimate of drug-likeness (QED) is 0.465. The van der Waals surface area contributed by atoms with Crippen molar-refractivity contribution in [3.63, 3.8) is 0 Å².